The lowest BCUT2D eigenvalue weighted by molar-refractivity contribution is -0.142. The molecule has 30 heavy (non-hydrogen) atoms. The lowest BCUT2D eigenvalue weighted by atomic mass is 10.2. The number of rotatable bonds is 9. The molecule has 0 spiro atoms. The van der Waals surface area contributed by atoms with E-state index in [0.29, 0.717) is 19.0 Å². The lowest BCUT2D eigenvalue weighted by Crippen LogP contribution is -2.46. The van der Waals surface area contributed by atoms with Crippen molar-refractivity contribution in [2.45, 2.75) is 64.8 Å². The van der Waals surface area contributed by atoms with E-state index in [2.05, 4.69) is 5.32 Å². The maximum atomic E-state index is 11.8. The Balaban J connectivity index is 1.79. The highest BCUT2D eigenvalue weighted by Crippen LogP contribution is 2.23. The SMILES string of the molecule is CC(C)(C)OC(=O)N[C@H](COCc1cccc(OCC2COC(C)(C)O2)c1)C(=O)O. The Morgan fingerprint density at radius 2 is 2.07 bits per heavy atom. The molecule has 0 radical (unpaired) electrons. The molecule has 0 saturated carbocycles. The number of aliphatic carboxylic acids is 1. The van der Waals surface area contributed by atoms with Crippen molar-refractivity contribution >= 4 is 12.1 Å². The van der Waals surface area contributed by atoms with Crippen LogP contribution in [0.5, 0.6) is 5.75 Å². The quantitative estimate of drug-likeness (QED) is 0.621. The van der Waals surface area contributed by atoms with Crippen LogP contribution in [0, 0.1) is 0 Å². The van der Waals surface area contributed by atoms with Gasteiger partial charge in [-0.3, -0.25) is 0 Å². The van der Waals surface area contributed by atoms with Crippen LogP contribution >= 0.6 is 0 Å². The Morgan fingerprint density at radius 3 is 2.67 bits per heavy atom. The zero-order valence-electron chi connectivity index (χ0n) is 18.1. The van der Waals surface area contributed by atoms with E-state index in [0.717, 1.165) is 5.56 Å². The minimum Gasteiger partial charge on any atom is -0.491 e. The molecule has 1 heterocycles. The molecule has 1 amide bonds. The van der Waals surface area contributed by atoms with Crippen molar-refractivity contribution in [3.8, 4) is 5.75 Å². The fraction of sp³-hybridized carbons (Fsp3) is 0.619. The number of hydrogen-bond acceptors (Lipinski definition) is 7. The molecule has 1 aromatic rings. The van der Waals surface area contributed by atoms with Crippen LogP contribution in [0.4, 0.5) is 4.79 Å². The Morgan fingerprint density at radius 1 is 1.33 bits per heavy atom. The van der Waals surface area contributed by atoms with Crippen molar-refractivity contribution in [2.24, 2.45) is 0 Å². The zero-order valence-corrected chi connectivity index (χ0v) is 18.1. The van der Waals surface area contributed by atoms with Gasteiger partial charge in [-0.25, -0.2) is 9.59 Å². The normalized spacial score (nSPS) is 19.2. The summed E-state index contributed by atoms with van der Waals surface area (Å²) in [6.07, 6.45) is -0.953. The van der Waals surface area contributed by atoms with Crippen LogP contribution in [0.25, 0.3) is 0 Å². The van der Waals surface area contributed by atoms with E-state index >= 15 is 0 Å². The van der Waals surface area contributed by atoms with Gasteiger partial charge in [-0.1, -0.05) is 12.1 Å². The molecule has 0 bridgehead atoms. The van der Waals surface area contributed by atoms with Crippen molar-refractivity contribution in [1.82, 2.24) is 5.32 Å². The van der Waals surface area contributed by atoms with Crippen molar-refractivity contribution in [3.63, 3.8) is 0 Å². The van der Waals surface area contributed by atoms with Gasteiger partial charge < -0.3 is 34.1 Å². The highest BCUT2D eigenvalue weighted by Gasteiger charge is 2.33. The first-order valence-electron chi connectivity index (χ1n) is 9.77. The van der Waals surface area contributed by atoms with E-state index in [1.807, 2.05) is 32.0 Å². The molecule has 1 aliphatic rings. The van der Waals surface area contributed by atoms with Crippen LogP contribution in [0.1, 0.15) is 40.2 Å². The Kier molecular flexibility index (Phi) is 8.05. The van der Waals surface area contributed by atoms with E-state index in [4.69, 9.17) is 23.7 Å². The summed E-state index contributed by atoms with van der Waals surface area (Å²) in [6, 6.07) is 6.05. The molecule has 9 heteroatoms. The van der Waals surface area contributed by atoms with Gasteiger partial charge in [0.05, 0.1) is 19.8 Å². The number of hydrogen-bond donors (Lipinski definition) is 2. The average molecular weight is 425 g/mol. The van der Waals surface area contributed by atoms with Crippen LogP contribution in [-0.2, 0) is 30.3 Å². The molecule has 2 rings (SSSR count). The zero-order chi connectivity index (χ0) is 22.4. The average Bonchev–Trinajstić information content (AvgIpc) is 2.97. The molecule has 0 aromatic heterocycles. The summed E-state index contributed by atoms with van der Waals surface area (Å²) < 4.78 is 27.5. The van der Waals surface area contributed by atoms with Gasteiger partial charge in [0.25, 0.3) is 0 Å². The standard InChI is InChI=1S/C21H31NO8/c1-20(2,3)30-19(25)22-17(18(23)24)13-26-10-14-7-6-8-15(9-14)27-11-16-12-28-21(4,5)29-16/h6-9,16-17H,10-13H2,1-5H3,(H,22,25)(H,23,24)/t16?,17-/m1/s1. The first-order chi connectivity index (χ1) is 13.9. The molecule has 1 unspecified atom stereocenters. The number of amides is 1. The predicted molar refractivity (Wildman–Crippen MR) is 107 cm³/mol. The first-order valence-corrected chi connectivity index (χ1v) is 9.77. The van der Waals surface area contributed by atoms with E-state index in [1.54, 1.807) is 26.8 Å². The topological polar surface area (TPSA) is 113 Å². The lowest BCUT2D eigenvalue weighted by Gasteiger charge is -2.22. The maximum Gasteiger partial charge on any atom is 0.408 e. The number of carboxylic acids is 1. The summed E-state index contributed by atoms with van der Waals surface area (Å²) in [5, 5.41) is 11.6. The Hall–Kier alpha value is -2.36. The van der Waals surface area contributed by atoms with Gasteiger partial charge in [-0.05, 0) is 52.3 Å². The molecule has 0 aliphatic carbocycles. The number of carbonyl (C=O) groups is 2. The fourth-order valence-corrected chi connectivity index (χ4v) is 2.68. The van der Waals surface area contributed by atoms with Gasteiger partial charge in [0, 0.05) is 0 Å². The van der Waals surface area contributed by atoms with Gasteiger partial charge in [0.2, 0.25) is 0 Å². The van der Waals surface area contributed by atoms with Crippen LogP contribution in [0.15, 0.2) is 24.3 Å². The van der Waals surface area contributed by atoms with Gasteiger partial charge in [0.15, 0.2) is 11.8 Å². The fourth-order valence-electron chi connectivity index (χ4n) is 2.68. The summed E-state index contributed by atoms with van der Waals surface area (Å²) in [6.45, 7) is 9.57. The van der Waals surface area contributed by atoms with Crippen LogP contribution in [-0.4, -0.2) is 60.5 Å². The smallest absolute Gasteiger partial charge is 0.408 e. The van der Waals surface area contributed by atoms with Crippen LogP contribution in [0.3, 0.4) is 0 Å². The van der Waals surface area contributed by atoms with Gasteiger partial charge >= 0.3 is 12.1 Å². The number of nitrogens with one attached hydrogen (secondary N) is 1. The van der Waals surface area contributed by atoms with Gasteiger partial charge in [0.1, 0.15) is 24.1 Å². The summed E-state index contributed by atoms with van der Waals surface area (Å²) in [5.74, 6) is -1.16. The number of ether oxygens (including phenoxy) is 5. The van der Waals surface area contributed by atoms with Crippen molar-refractivity contribution in [3.05, 3.63) is 29.8 Å². The number of alkyl carbamates (subject to hydrolysis) is 1. The third-order valence-electron chi connectivity index (χ3n) is 3.94. The highest BCUT2D eigenvalue weighted by atomic mass is 16.7. The van der Waals surface area contributed by atoms with E-state index in [-0.39, 0.29) is 19.3 Å². The van der Waals surface area contributed by atoms with E-state index in [9.17, 15) is 14.7 Å². The molecule has 2 atom stereocenters. The molecule has 1 saturated heterocycles. The first kappa shape index (κ1) is 23.9. The molecule has 9 nitrogen and oxygen atoms in total. The number of carboxylic acid groups (broad SMARTS) is 1. The van der Waals surface area contributed by atoms with Gasteiger partial charge in [-0.2, -0.15) is 0 Å². The maximum absolute atomic E-state index is 11.8. The second-order valence-electron chi connectivity index (χ2n) is 8.46. The predicted octanol–water partition coefficient (Wildman–Crippen LogP) is 2.71. The second kappa shape index (κ2) is 10.1. The monoisotopic (exact) mass is 425 g/mol. The molecule has 1 fully saturated rings. The van der Waals surface area contributed by atoms with Crippen LogP contribution < -0.4 is 10.1 Å². The Labute approximate surface area is 176 Å². The molecular formula is C21H31NO8. The second-order valence-corrected chi connectivity index (χ2v) is 8.46. The summed E-state index contributed by atoms with van der Waals surface area (Å²) in [5.41, 5.74) is 0.0812. The van der Waals surface area contributed by atoms with Crippen molar-refractivity contribution in [1.29, 1.82) is 0 Å². The Bertz CT molecular complexity index is 728. The summed E-state index contributed by atoms with van der Waals surface area (Å²) in [7, 11) is 0. The van der Waals surface area contributed by atoms with E-state index in [1.165, 1.54) is 0 Å². The molecule has 1 aliphatic heterocycles. The number of benzene rings is 1. The van der Waals surface area contributed by atoms with Crippen molar-refractivity contribution < 1.29 is 38.4 Å². The van der Waals surface area contributed by atoms with Gasteiger partial charge in [-0.15, -0.1) is 0 Å². The molecule has 168 valence electrons. The molecule has 2 N–H and O–H groups in total. The summed E-state index contributed by atoms with van der Waals surface area (Å²) in [4.78, 5) is 23.1. The third kappa shape index (κ3) is 8.56. The summed E-state index contributed by atoms with van der Waals surface area (Å²) >= 11 is 0. The third-order valence-corrected chi connectivity index (χ3v) is 3.94. The largest absolute Gasteiger partial charge is 0.491 e. The molecular weight excluding hydrogens is 394 g/mol. The molecule has 1 aromatic carbocycles. The number of carbonyl (C=O) groups excluding carboxylic acids is 1. The van der Waals surface area contributed by atoms with Crippen molar-refractivity contribution in [2.75, 3.05) is 19.8 Å². The van der Waals surface area contributed by atoms with E-state index < -0.39 is 29.5 Å². The minimum absolute atomic E-state index is 0.143. The van der Waals surface area contributed by atoms with Crippen LogP contribution in [0.2, 0.25) is 0 Å². The highest BCUT2D eigenvalue weighted by molar-refractivity contribution is 5.80. The minimum atomic E-state index is -1.22.